The highest BCUT2D eigenvalue weighted by Crippen LogP contribution is 2.39. The van der Waals surface area contributed by atoms with E-state index in [0.717, 1.165) is 38.5 Å². The lowest BCUT2D eigenvalue weighted by molar-refractivity contribution is 0.188. The fourth-order valence-electron chi connectivity index (χ4n) is 6.09. The highest BCUT2D eigenvalue weighted by molar-refractivity contribution is 7.91. The molecular formula is C29H40ClNO2S. The molecule has 0 aromatic heterocycles. The van der Waals surface area contributed by atoms with Crippen molar-refractivity contribution in [1.29, 1.82) is 0 Å². The van der Waals surface area contributed by atoms with E-state index in [1.807, 2.05) is 0 Å². The molecule has 1 saturated heterocycles. The van der Waals surface area contributed by atoms with Crippen LogP contribution in [-0.2, 0) is 29.1 Å². The summed E-state index contributed by atoms with van der Waals surface area (Å²) in [6, 6.07) is 18.8. The Labute approximate surface area is 212 Å². The summed E-state index contributed by atoms with van der Waals surface area (Å²) in [4.78, 5) is 2.76. The molecule has 3 nitrogen and oxygen atoms in total. The lowest BCUT2D eigenvalue weighted by atomic mass is 9.75. The average molecular weight is 502 g/mol. The molecule has 5 heteroatoms. The summed E-state index contributed by atoms with van der Waals surface area (Å²) < 4.78 is 24.5. The van der Waals surface area contributed by atoms with Gasteiger partial charge in [-0.3, -0.25) is 4.90 Å². The number of nitrogens with zero attached hydrogens (tertiary/aromatic N) is 1. The molecule has 0 amide bonds. The molecule has 2 aromatic rings. The van der Waals surface area contributed by atoms with Crippen LogP contribution in [-0.4, -0.2) is 44.0 Å². The highest BCUT2D eigenvalue weighted by atomic mass is 35.5. The minimum atomic E-state index is -2.85. The smallest absolute Gasteiger partial charge is 0.150 e. The number of hydrogen-bond donors (Lipinski definition) is 0. The molecule has 2 aromatic carbocycles. The molecule has 2 unspecified atom stereocenters. The van der Waals surface area contributed by atoms with Crippen LogP contribution in [0.2, 0.25) is 0 Å². The van der Waals surface area contributed by atoms with Crippen LogP contribution in [0.25, 0.3) is 0 Å². The van der Waals surface area contributed by atoms with Gasteiger partial charge in [0.1, 0.15) is 0 Å². The Morgan fingerprint density at radius 2 is 1.65 bits per heavy atom. The van der Waals surface area contributed by atoms with E-state index in [9.17, 15) is 8.42 Å². The largest absolute Gasteiger partial charge is 0.300 e. The first-order valence-electron chi connectivity index (χ1n) is 13.2. The van der Waals surface area contributed by atoms with Crippen molar-refractivity contribution < 1.29 is 8.42 Å². The Morgan fingerprint density at radius 3 is 2.38 bits per heavy atom. The predicted molar refractivity (Wildman–Crippen MR) is 144 cm³/mol. The van der Waals surface area contributed by atoms with E-state index >= 15 is 0 Å². The van der Waals surface area contributed by atoms with Crippen LogP contribution in [0, 0.1) is 5.92 Å². The van der Waals surface area contributed by atoms with Crippen molar-refractivity contribution in [3.05, 3.63) is 70.8 Å². The fourth-order valence-corrected chi connectivity index (χ4v) is 7.95. The second-order valence-corrected chi connectivity index (χ2v) is 12.9. The third kappa shape index (κ3) is 6.65. The Bertz CT molecular complexity index is 1030. The molecule has 2 aliphatic carbocycles. The predicted octanol–water partition coefficient (Wildman–Crippen LogP) is 5.99. The molecule has 0 spiro atoms. The fraction of sp³-hybridized carbons (Fsp3) is 0.586. The van der Waals surface area contributed by atoms with Gasteiger partial charge in [0.25, 0.3) is 0 Å². The number of likely N-dealkylation sites (tertiary alicyclic amines) is 1. The summed E-state index contributed by atoms with van der Waals surface area (Å²) in [5.74, 6) is 1.79. The standard InChI is InChI=1S/C29H39NO2S.ClH/c31-33(32,22-25-11-12-25)19-7-4-10-24-13-14-26-15-16-29(30-17-5-6-18-30)28(27(26)20-24)21-23-8-2-1-3-9-23;/h1-3,8-9,13-14,20,25,28-29H,4-7,10-12,15-19,21-22H2;1H. The number of hydrogen-bond acceptors (Lipinski definition) is 3. The van der Waals surface area contributed by atoms with Crippen molar-refractivity contribution >= 4 is 22.2 Å². The lowest BCUT2D eigenvalue weighted by Gasteiger charge is -2.40. The van der Waals surface area contributed by atoms with Crippen LogP contribution < -0.4 is 0 Å². The van der Waals surface area contributed by atoms with Gasteiger partial charge in [-0.2, -0.15) is 0 Å². The van der Waals surface area contributed by atoms with Crippen molar-refractivity contribution in [3.63, 3.8) is 0 Å². The molecule has 3 aliphatic rings. The maximum Gasteiger partial charge on any atom is 0.150 e. The zero-order valence-corrected chi connectivity index (χ0v) is 22.0. The summed E-state index contributed by atoms with van der Waals surface area (Å²) in [6.45, 7) is 2.50. The van der Waals surface area contributed by atoms with Crippen LogP contribution in [0.15, 0.2) is 48.5 Å². The topological polar surface area (TPSA) is 37.4 Å². The van der Waals surface area contributed by atoms with Crippen LogP contribution in [0.5, 0.6) is 0 Å². The van der Waals surface area contributed by atoms with Gasteiger partial charge < -0.3 is 0 Å². The second-order valence-electron chi connectivity index (χ2n) is 10.7. The first-order valence-corrected chi connectivity index (χ1v) is 15.0. The molecule has 0 N–H and O–H groups in total. The molecule has 0 bridgehead atoms. The van der Waals surface area contributed by atoms with Gasteiger partial charge in [0.05, 0.1) is 11.5 Å². The Morgan fingerprint density at radius 1 is 0.882 bits per heavy atom. The number of halogens is 1. The summed E-state index contributed by atoms with van der Waals surface area (Å²) in [5.41, 5.74) is 5.90. The lowest BCUT2D eigenvalue weighted by Crippen LogP contribution is -2.41. The Kier molecular flexibility index (Phi) is 8.76. The third-order valence-electron chi connectivity index (χ3n) is 8.05. The molecule has 2 atom stereocenters. The summed E-state index contributed by atoms with van der Waals surface area (Å²) >= 11 is 0. The number of aryl methyl sites for hydroxylation is 2. The number of unbranched alkanes of at least 4 members (excludes halogenated alkanes) is 1. The van der Waals surface area contributed by atoms with E-state index in [1.54, 1.807) is 5.56 Å². The Balaban J connectivity index is 0.00000274. The van der Waals surface area contributed by atoms with Gasteiger partial charge in [-0.25, -0.2) is 8.42 Å². The third-order valence-corrected chi connectivity index (χ3v) is 9.94. The van der Waals surface area contributed by atoms with Gasteiger partial charge in [0, 0.05) is 12.0 Å². The first-order chi connectivity index (χ1) is 16.1. The monoisotopic (exact) mass is 501 g/mol. The summed E-state index contributed by atoms with van der Waals surface area (Å²) in [6.07, 6.45) is 11.2. The van der Waals surface area contributed by atoms with Crippen LogP contribution in [0.3, 0.4) is 0 Å². The van der Waals surface area contributed by atoms with Gasteiger partial charge >= 0.3 is 0 Å². The number of sulfone groups is 1. The van der Waals surface area contributed by atoms with Gasteiger partial charge in [-0.05, 0) is 105 Å². The molecule has 5 rings (SSSR count). The van der Waals surface area contributed by atoms with E-state index in [1.165, 1.54) is 55.5 Å². The molecule has 0 radical (unpaired) electrons. The second kappa shape index (κ2) is 11.6. The van der Waals surface area contributed by atoms with Crippen molar-refractivity contribution in [2.45, 2.75) is 76.2 Å². The van der Waals surface area contributed by atoms with Crippen molar-refractivity contribution in [2.24, 2.45) is 5.92 Å². The Hall–Kier alpha value is -1.36. The quantitative estimate of drug-likeness (QED) is 0.375. The van der Waals surface area contributed by atoms with Crippen molar-refractivity contribution in [1.82, 2.24) is 4.90 Å². The normalized spacial score (nSPS) is 22.8. The summed E-state index contributed by atoms with van der Waals surface area (Å²) in [7, 11) is -2.85. The molecule has 186 valence electrons. The SMILES string of the molecule is Cl.O=S(=O)(CCCCc1ccc2c(c1)C(Cc1ccccc1)C(N1CCCC1)CC2)CC1CC1. The van der Waals surface area contributed by atoms with E-state index in [2.05, 4.69) is 53.4 Å². The number of benzene rings is 2. The maximum atomic E-state index is 12.3. The minimum absolute atomic E-state index is 0. The van der Waals surface area contributed by atoms with Gasteiger partial charge in [-0.15, -0.1) is 12.4 Å². The summed E-state index contributed by atoms with van der Waals surface area (Å²) in [5, 5.41) is 0. The van der Waals surface area contributed by atoms with E-state index in [4.69, 9.17) is 0 Å². The van der Waals surface area contributed by atoms with Crippen LogP contribution in [0.1, 0.15) is 73.1 Å². The minimum Gasteiger partial charge on any atom is -0.300 e. The number of rotatable bonds is 10. The van der Waals surface area contributed by atoms with Crippen LogP contribution >= 0.6 is 12.4 Å². The van der Waals surface area contributed by atoms with Crippen LogP contribution in [0.4, 0.5) is 0 Å². The number of fused-ring (bicyclic) bond motifs is 1. The molecule has 1 aliphatic heterocycles. The van der Waals surface area contributed by atoms with E-state index in [-0.39, 0.29) is 12.4 Å². The average Bonchev–Trinajstić information content (AvgIpc) is 3.44. The zero-order chi connectivity index (χ0) is 22.7. The van der Waals surface area contributed by atoms with Gasteiger partial charge in [-0.1, -0.05) is 48.5 Å². The van der Waals surface area contributed by atoms with E-state index in [0.29, 0.717) is 29.4 Å². The zero-order valence-electron chi connectivity index (χ0n) is 20.3. The van der Waals surface area contributed by atoms with Crippen molar-refractivity contribution in [2.75, 3.05) is 24.6 Å². The first kappa shape index (κ1) is 25.7. The molecule has 34 heavy (non-hydrogen) atoms. The molecule has 2 fully saturated rings. The van der Waals surface area contributed by atoms with Crippen molar-refractivity contribution in [3.8, 4) is 0 Å². The maximum absolute atomic E-state index is 12.3. The molecule has 1 heterocycles. The van der Waals surface area contributed by atoms with E-state index < -0.39 is 9.84 Å². The van der Waals surface area contributed by atoms with Gasteiger partial charge in [0.15, 0.2) is 9.84 Å². The molecular weight excluding hydrogens is 462 g/mol. The van der Waals surface area contributed by atoms with Gasteiger partial charge in [0.2, 0.25) is 0 Å². The molecule has 1 saturated carbocycles. The highest BCUT2D eigenvalue weighted by Gasteiger charge is 2.35.